The molecule has 20 heavy (non-hydrogen) atoms. The number of hydrogen-bond acceptors (Lipinski definition) is 5. The normalized spacial score (nSPS) is 18.7. The lowest BCUT2D eigenvalue weighted by molar-refractivity contribution is 0.0343. The number of nitrogens with one attached hydrogen (secondary N) is 1. The third kappa shape index (κ3) is 3.03. The van der Waals surface area contributed by atoms with Crippen molar-refractivity contribution in [2.75, 3.05) is 32.8 Å². The minimum atomic E-state index is 0.469. The first kappa shape index (κ1) is 14.0. The van der Waals surface area contributed by atoms with Crippen LogP contribution in [0.15, 0.2) is 11.6 Å². The molecule has 0 spiro atoms. The van der Waals surface area contributed by atoms with Crippen LogP contribution in [-0.4, -0.2) is 53.2 Å². The van der Waals surface area contributed by atoms with Gasteiger partial charge in [-0.2, -0.15) is 0 Å². The summed E-state index contributed by atoms with van der Waals surface area (Å²) < 4.78 is 7.57. The van der Waals surface area contributed by atoms with E-state index in [9.17, 15) is 0 Å². The lowest BCUT2D eigenvalue weighted by atomic mass is 10.2. The zero-order valence-electron chi connectivity index (χ0n) is 12.1. The van der Waals surface area contributed by atoms with Crippen molar-refractivity contribution >= 4 is 16.3 Å². The number of ether oxygens (including phenoxy) is 1. The second-order valence-electron chi connectivity index (χ2n) is 5.39. The molecule has 0 aromatic carbocycles. The van der Waals surface area contributed by atoms with Gasteiger partial charge < -0.3 is 10.1 Å². The topological polar surface area (TPSA) is 41.8 Å². The highest BCUT2D eigenvalue weighted by Gasteiger charge is 2.15. The molecule has 1 saturated heterocycles. The maximum atomic E-state index is 5.38. The Bertz CT molecular complexity index is 559. The first-order chi connectivity index (χ1) is 9.74. The number of aryl methyl sites for hydroxylation is 1. The third-order valence-corrected chi connectivity index (χ3v) is 4.57. The maximum Gasteiger partial charge on any atom is 0.194 e. The summed E-state index contributed by atoms with van der Waals surface area (Å²) in [4.78, 5) is 8.13. The van der Waals surface area contributed by atoms with Gasteiger partial charge in [-0.25, -0.2) is 4.98 Å². The molecule has 2 aromatic rings. The van der Waals surface area contributed by atoms with Gasteiger partial charge in [-0.05, 0) is 13.8 Å². The molecule has 3 rings (SSSR count). The highest BCUT2D eigenvalue weighted by molar-refractivity contribution is 7.15. The van der Waals surface area contributed by atoms with Crippen molar-refractivity contribution < 1.29 is 4.74 Å². The van der Waals surface area contributed by atoms with E-state index < -0.39 is 0 Å². The number of thiazole rings is 1. The van der Waals surface area contributed by atoms with Crippen LogP contribution in [0.1, 0.15) is 18.3 Å². The summed E-state index contributed by atoms with van der Waals surface area (Å²) >= 11 is 1.69. The Morgan fingerprint density at radius 2 is 2.25 bits per heavy atom. The number of fused-ring (bicyclic) bond motifs is 1. The minimum Gasteiger partial charge on any atom is -0.379 e. The van der Waals surface area contributed by atoms with Crippen molar-refractivity contribution in [3.63, 3.8) is 0 Å². The Kier molecular flexibility index (Phi) is 4.35. The summed E-state index contributed by atoms with van der Waals surface area (Å²) in [6.45, 7) is 10.1. The highest BCUT2D eigenvalue weighted by atomic mass is 32.1. The van der Waals surface area contributed by atoms with Gasteiger partial charge in [0.05, 0.1) is 24.6 Å². The molecule has 2 aromatic heterocycles. The average Bonchev–Trinajstić information content (AvgIpc) is 2.98. The summed E-state index contributed by atoms with van der Waals surface area (Å²) in [5.74, 6) is 0. The predicted octanol–water partition coefficient (Wildman–Crippen LogP) is 1.51. The molecule has 0 bridgehead atoms. The van der Waals surface area contributed by atoms with E-state index in [2.05, 4.69) is 45.0 Å². The zero-order chi connectivity index (χ0) is 13.9. The Morgan fingerprint density at radius 3 is 3.05 bits per heavy atom. The molecule has 0 radical (unpaired) electrons. The van der Waals surface area contributed by atoms with Crippen LogP contribution in [0.5, 0.6) is 0 Å². The number of morpholine rings is 1. The smallest absolute Gasteiger partial charge is 0.194 e. The first-order valence-corrected chi connectivity index (χ1v) is 8.06. The molecule has 1 fully saturated rings. The van der Waals surface area contributed by atoms with Crippen molar-refractivity contribution in [2.45, 2.75) is 26.4 Å². The van der Waals surface area contributed by atoms with Gasteiger partial charge in [-0.1, -0.05) is 0 Å². The lowest BCUT2D eigenvalue weighted by Crippen LogP contribution is -2.44. The zero-order valence-corrected chi connectivity index (χ0v) is 12.9. The van der Waals surface area contributed by atoms with Crippen LogP contribution >= 0.6 is 11.3 Å². The number of hydrogen-bond donors (Lipinski definition) is 1. The molecule has 1 aliphatic heterocycles. The van der Waals surface area contributed by atoms with Crippen molar-refractivity contribution in [3.8, 4) is 0 Å². The Labute approximate surface area is 123 Å². The van der Waals surface area contributed by atoms with Gasteiger partial charge >= 0.3 is 0 Å². The van der Waals surface area contributed by atoms with Crippen LogP contribution in [0.3, 0.4) is 0 Å². The maximum absolute atomic E-state index is 5.38. The first-order valence-electron chi connectivity index (χ1n) is 7.18. The van der Waals surface area contributed by atoms with E-state index in [1.807, 2.05) is 0 Å². The number of imidazole rings is 1. The highest BCUT2D eigenvalue weighted by Crippen LogP contribution is 2.16. The van der Waals surface area contributed by atoms with Gasteiger partial charge in [-0.3, -0.25) is 9.30 Å². The molecular weight excluding hydrogens is 272 g/mol. The van der Waals surface area contributed by atoms with E-state index in [-0.39, 0.29) is 0 Å². The summed E-state index contributed by atoms with van der Waals surface area (Å²) in [5.41, 5.74) is 2.40. The Balaban J connectivity index is 1.55. The molecule has 1 aliphatic rings. The van der Waals surface area contributed by atoms with E-state index in [0.717, 1.165) is 50.0 Å². The Hall–Kier alpha value is -0.950. The van der Waals surface area contributed by atoms with Crippen molar-refractivity contribution in [2.24, 2.45) is 0 Å². The molecule has 0 amide bonds. The molecule has 1 N–H and O–H groups in total. The van der Waals surface area contributed by atoms with Crippen LogP contribution in [0.25, 0.3) is 4.96 Å². The Morgan fingerprint density at radius 1 is 1.45 bits per heavy atom. The molecule has 110 valence electrons. The largest absolute Gasteiger partial charge is 0.379 e. The van der Waals surface area contributed by atoms with Gasteiger partial charge in [0.15, 0.2) is 4.96 Å². The summed E-state index contributed by atoms with van der Waals surface area (Å²) in [6.07, 6.45) is 2.10. The van der Waals surface area contributed by atoms with Crippen LogP contribution in [-0.2, 0) is 11.3 Å². The van der Waals surface area contributed by atoms with E-state index in [1.54, 1.807) is 11.3 Å². The van der Waals surface area contributed by atoms with Gasteiger partial charge in [-0.15, -0.1) is 11.3 Å². The SMILES string of the molecule is Cc1nc2sccn2c1CNC(C)CN1CCOCC1. The van der Waals surface area contributed by atoms with Crippen molar-refractivity contribution in [1.82, 2.24) is 19.6 Å². The fourth-order valence-corrected chi connectivity index (χ4v) is 3.44. The number of aromatic nitrogens is 2. The number of rotatable bonds is 5. The van der Waals surface area contributed by atoms with Crippen LogP contribution < -0.4 is 5.32 Å². The van der Waals surface area contributed by atoms with Gasteiger partial charge in [0.2, 0.25) is 0 Å². The molecule has 5 nitrogen and oxygen atoms in total. The minimum absolute atomic E-state index is 0.469. The number of nitrogens with zero attached hydrogens (tertiary/aromatic N) is 3. The summed E-state index contributed by atoms with van der Waals surface area (Å²) in [6, 6.07) is 0.469. The second kappa shape index (κ2) is 6.22. The predicted molar refractivity (Wildman–Crippen MR) is 81.4 cm³/mol. The molecule has 1 unspecified atom stereocenters. The molecule has 0 saturated carbocycles. The lowest BCUT2D eigenvalue weighted by Gasteiger charge is -2.29. The quantitative estimate of drug-likeness (QED) is 0.908. The van der Waals surface area contributed by atoms with Gasteiger partial charge in [0, 0.05) is 43.8 Å². The molecule has 3 heterocycles. The van der Waals surface area contributed by atoms with E-state index in [4.69, 9.17) is 4.74 Å². The molecule has 1 atom stereocenters. The van der Waals surface area contributed by atoms with E-state index in [1.165, 1.54) is 5.69 Å². The van der Waals surface area contributed by atoms with Gasteiger partial charge in [0.1, 0.15) is 0 Å². The third-order valence-electron chi connectivity index (χ3n) is 3.81. The second-order valence-corrected chi connectivity index (χ2v) is 6.27. The van der Waals surface area contributed by atoms with Crippen molar-refractivity contribution in [3.05, 3.63) is 23.0 Å². The van der Waals surface area contributed by atoms with E-state index >= 15 is 0 Å². The summed E-state index contributed by atoms with van der Waals surface area (Å²) in [7, 11) is 0. The monoisotopic (exact) mass is 294 g/mol. The summed E-state index contributed by atoms with van der Waals surface area (Å²) in [5, 5.41) is 5.70. The standard InChI is InChI=1S/C14H22N4OS/c1-11(10-17-3-6-19-7-4-17)15-9-13-12(2)16-14-18(13)5-8-20-14/h5,8,11,15H,3-4,6-7,9-10H2,1-2H3. The molecular formula is C14H22N4OS. The molecule has 6 heteroatoms. The van der Waals surface area contributed by atoms with Crippen LogP contribution in [0.2, 0.25) is 0 Å². The van der Waals surface area contributed by atoms with Crippen LogP contribution in [0.4, 0.5) is 0 Å². The fraction of sp³-hybridized carbons (Fsp3) is 0.643. The van der Waals surface area contributed by atoms with Crippen molar-refractivity contribution in [1.29, 1.82) is 0 Å². The average molecular weight is 294 g/mol. The van der Waals surface area contributed by atoms with Crippen LogP contribution in [0, 0.1) is 6.92 Å². The molecule has 0 aliphatic carbocycles. The van der Waals surface area contributed by atoms with E-state index in [0.29, 0.717) is 6.04 Å². The van der Waals surface area contributed by atoms with Gasteiger partial charge in [0.25, 0.3) is 0 Å². The fourth-order valence-electron chi connectivity index (χ4n) is 2.66.